The maximum atomic E-state index is 9.23. The van der Waals surface area contributed by atoms with Gasteiger partial charge in [-0.05, 0) is 30.2 Å². The highest BCUT2D eigenvalue weighted by Crippen LogP contribution is 2.16. The lowest BCUT2D eigenvalue weighted by molar-refractivity contribution is 0.0954. The molecular formula is C10H13ClO2. The minimum atomic E-state index is -0.697. The summed E-state index contributed by atoms with van der Waals surface area (Å²) in [5, 5.41) is 18.6. The van der Waals surface area contributed by atoms with E-state index >= 15 is 0 Å². The summed E-state index contributed by atoms with van der Waals surface area (Å²) in [6.07, 6.45) is -0.250. The number of aryl methyl sites for hydroxylation is 1. The summed E-state index contributed by atoms with van der Waals surface area (Å²) >= 11 is 5.80. The maximum absolute atomic E-state index is 9.23. The summed E-state index contributed by atoms with van der Waals surface area (Å²) < 4.78 is 0. The van der Waals surface area contributed by atoms with Gasteiger partial charge in [-0.2, -0.15) is 0 Å². The molecule has 1 aromatic carbocycles. The molecule has 0 spiro atoms. The molecule has 0 aromatic heterocycles. The van der Waals surface area contributed by atoms with Crippen LogP contribution < -0.4 is 0 Å². The zero-order valence-corrected chi connectivity index (χ0v) is 8.25. The summed E-state index contributed by atoms with van der Waals surface area (Å²) in [4.78, 5) is 0. The van der Waals surface area contributed by atoms with Crippen LogP contribution in [0.1, 0.15) is 11.1 Å². The first-order chi connectivity index (χ1) is 6.13. The van der Waals surface area contributed by atoms with Crippen molar-refractivity contribution >= 4 is 11.6 Å². The van der Waals surface area contributed by atoms with Crippen molar-refractivity contribution in [2.45, 2.75) is 19.4 Å². The van der Waals surface area contributed by atoms with Gasteiger partial charge in [-0.3, -0.25) is 0 Å². The molecule has 0 aliphatic rings. The fourth-order valence-corrected chi connectivity index (χ4v) is 1.37. The van der Waals surface area contributed by atoms with Crippen LogP contribution in [0.15, 0.2) is 18.2 Å². The highest BCUT2D eigenvalue weighted by molar-refractivity contribution is 6.30. The molecule has 0 saturated carbocycles. The van der Waals surface area contributed by atoms with Crippen molar-refractivity contribution in [3.05, 3.63) is 34.3 Å². The van der Waals surface area contributed by atoms with Gasteiger partial charge in [0.15, 0.2) is 0 Å². The molecule has 0 aliphatic heterocycles. The topological polar surface area (TPSA) is 40.5 Å². The molecule has 0 amide bonds. The predicted octanol–water partition coefficient (Wildman–Crippen LogP) is 1.54. The molecular weight excluding hydrogens is 188 g/mol. The second kappa shape index (κ2) is 4.61. The summed E-state index contributed by atoms with van der Waals surface area (Å²) in [5.74, 6) is 0. The summed E-state index contributed by atoms with van der Waals surface area (Å²) in [6.45, 7) is 1.74. The van der Waals surface area contributed by atoms with Gasteiger partial charge in [-0.15, -0.1) is 0 Å². The Bertz CT molecular complexity index is 286. The average molecular weight is 201 g/mol. The first-order valence-electron chi connectivity index (χ1n) is 4.17. The largest absolute Gasteiger partial charge is 0.394 e. The van der Waals surface area contributed by atoms with Crippen molar-refractivity contribution in [3.8, 4) is 0 Å². The third-order valence-corrected chi connectivity index (χ3v) is 2.21. The van der Waals surface area contributed by atoms with Gasteiger partial charge in [-0.1, -0.05) is 17.7 Å². The molecule has 13 heavy (non-hydrogen) atoms. The fourth-order valence-electron chi connectivity index (χ4n) is 1.18. The number of benzene rings is 1. The Morgan fingerprint density at radius 3 is 2.77 bits per heavy atom. The van der Waals surface area contributed by atoms with E-state index in [-0.39, 0.29) is 6.61 Å². The first-order valence-corrected chi connectivity index (χ1v) is 4.55. The van der Waals surface area contributed by atoms with Crippen LogP contribution >= 0.6 is 11.6 Å². The van der Waals surface area contributed by atoms with E-state index in [4.69, 9.17) is 16.7 Å². The number of hydrogen-bond acceptors (Lipinski definition) is 2. The van der Waals surface area contributed by atoms with Crippen LogP contribution in [-0.4, -0.2) is 22.9 Å². The van der Waals surface area contributed by atoms with Gasteiger partial charge in [0.25, 0.3) is 0 Å². The predicted molar refractivity (Wildman–Crippen MR) is 53.0 cm³/mol. The monoisotopic (exact) mass is 200 g/mol. The van der Waals surface area contributed by atoms with Gasteiger partial charge in [0.2, 0.25) is 0 Å². The van der Waals surface area contributed by atoms with E-state index in [2.05, 4.69) is 0 Å². The standard InChI is InChI=1S/C10H13ClO2/c1-7-2-3-9(11)4-8(7)5-10(13)6-12/h2-4,10,12-13H,5-6H2,1H3. The second-order valence-corrected chi connectivity index (χ2v) is 3.55. The number of rotatable bonds is 3. The molecule has 2 N–H and O–H groups in total. The highest BCUT2D eigenvalue weighted by Gasteiger charge is 2.06. The lowest BCUT2D eigenvalue weighted by Gasteiger charge is -2.09. The van der Waals surface area contributed by atoms with E-state index in [1.165, 1.54) is 0 Å². The Morgan fingerprint density at radius 2 is 2.15 bits per heavy atom. The van der Waals surface area contributed by atoms with E-state index in [0.717, 1.165) is 11.1 Å². The first kappa shape index (κ1) is 10.5. The number of aliphatic hydroxyl groups excluding tert-OH is 2. The normalized spacial score (nSPS) is 12.9. The minimum Gasteiger partial charge on any atom is -0.394 e. The van der Waals surface area contributed by atoms with Crippen LogP contribution in [0, 0.1) is 6.92 Å². The van der Waals surface area contributed by atoms with Crippen molar-refractivity contribution in [2.24, 2.45) is 0 Å². The molecule has 0 heterocycles. The summed E-state index contributed by atoms with van der Waals surface area (Å²) in [7, 11) is 0. The van der Waals surface area contributed by atoms with E-state index < -0.39 is 6.10 Å². The van der Waals surface area contributed by atoms with Crippen LogP contribution in [0.5, 0.6) is 0 Å². The minimum absolute atomic E-state index is 0.216. The lowest BCUT2D eigenvalue weighted by Crippen LogP contribution is -2.15. The Morgan fingerprint density at radius 1 is 1.46 bits per heavy atom. The summed E-state index contributed by atoms with van der Waals surface area (Å²) in [6, 6.07) is 5.53. The van der Waals surface area contributed by atoms with E-state index in [1.54, 1.807) is 0 Å². The number of hydrogen-bond donors (Lipinski definition) is 2. The molecule has 0 saturated heterocycles. The Labute approximate surface area is 82.8 Å². The zero-order chi connectivity index (χ0) is 9.84. The van der Waals surface area contributed by atoms with E-state index in [1.807, 2.05) is 25.1 Å². The van der Waals surface area contributed by atoms with Crippen molar-refractivity contribution in [1.82, 2.24) is 0 Å². The third-order valence-electron chi connectivity index (χ3n) is 1.98. The second-order valence-electron chi connectivity index (χ2n) is 3.11. The molecule has 0 bridgehead atoms. The van der Waals surface area contributed by atoms with Gasteiger partial charge < -0.3 is 10.2 Å². The van der Waals surface area contributed by atoms with Crippen LogP contribution in [0.4, 0.5) is 0 Å². The van der Waals surface area contributed by atoms with Gasteiger partial charge >= 0.3 is 0 Å². The molecule has 2 nitrogen and oxygen atoms in total. The van der Waals surface area contributed by atoms with Crippen molar-refractivity contribution in [3.63, 3.8) is 0 Å². The number of halogens is 1. The van der Waals surface area contributed by atoms with Crippen LogP contribution in [0.2, 0.25) is 5.02 Å². The highest BCUT2D eigenvalue weighted by atomic mass is 35.5. The van der Waals surface area contributed by atoms with Crippen molar-refractivity contribution < 1.29 is 10.2 Å². The molecule has 3 heteroatoms. The smallest absolute Gasteiger partial charge is 0.0811 e. The molecule has 1 aromatic rings. The Hall–Kier alpha value is -0.570. The molecule has 1 rings (SSSR count). The van der Waals surface area contributed by atoms with E-state index in [0.29, 0.717) is 11.4 Å². The molecule has 72 valence electrons. The van der Waals surface area contributed by atoms with Gasteiger partial charge in [0.1, 0.15) is 0 Å². The van der Waals surface area contributed by atoms with Crippen molar-refractivity contribution in [1.29, 1.82) is 0 Å². The molecule has 1 unspecified atom stereocenters. The van der Waals surface area contributed by atoms with Gasteiger partial charge in [0, 0.05) is 11.4 Å². The van der Waals surface area contributed by atoms with Gasteiger partial charge in [0.05, 0.1) is 12.7 Å². The average Bonchev–Trinajstić information content (AvgIpc) is 2.11. The van der Waals surface area contributed by atoms with Crippen molar-refractivity contribution in [2.75, 3.05) is 6.61 Å². The van der Waals surface area contributed by atoms with Gasteiger partial charge in [-0.25, -0.2) is 0 Å². The molecule has 0 aliphatic carbocycles. The molecule has 0 fully saturated rings. The van der Waals surface area contributed by atoms with E-state index in [9.17, 15) is 5.11 Å². The summed E-state index contributed by atoms with van der Waals surface area (Å²) in [5.41, 5.74) is 2.06. The fraction of sp³-hybridized carbons (Fsp3) is 0.400. The maximum Gasteiger partial charge on any atom is 0.0811 e. The lowest BCUT2D eigenvalue weighted by atomic mass is 10.0. The van der Waals surface area contributed by atoms with Crippen LogP contribution in [0.25, 0.3) is 0 Å². The SMILES string of the molecule is Cc1ccc(Cl)cc1CC(O)CO. The van der Waals surface area contributed by atoms with Crippen LogP contribution in [-0.2, 0) is 6.42 Å². The third kappa shape index (κ3) is 2.99. The zero-order valence-electron chi connectivity index (χ0n) is 7.50. The number of aliphatic hydroxyl groups is 2. The quantitative estimate of drug-likeness (QED) is 0.777. The Kier molecular flexibility index (Phi) is 3.72. The molecule has 1 atom stereocenters. The molecule has 0 radical (unpaired) electrons. The van der Waals surface area contributed by atoms with Crippen LogP contribution in [0.3, 0.4) is 0 Å². The Balaban J connectivity index is 2.81.